The van der Waals surface area contributed by atoms with Crippen LogP contribution in [0.3, 0.4) is 0 Å². The predicted octanol–water partition coefficient (Wildman–Crippen LogP) is 2.69. The van der Waals surface area contributed by atoms with Crippen molar-refractivity contribution in [2.75, 3.05) is 12.3 Å². The number of nitrogens with two attached hydrogens (primary N) is 1. The molecule has 2 N–H and O–H groups in total. The lowest BCUT2D eigenvalue weighted by Gasteiger charge is -2.09. The van der Waals surface area contributed by atoms with E-state index in [2.05, 4.69) is 4.74 Å². The van der Waals surface area contributed by atoms with Gasteiger partial charge in [0.25, 0.3) is 0 Å². The molecule has 0 aliphatic carbocycles. The van der Waals surface area contributed by atoms with E-state index < -0.39 is 25.2 Å². The van der Waals surface area contributed by atoms with E-state index in [4.69, 9.17) is 5.73 Å². The molecule has 6 heteroatoms. The Hall–Kier alpha value is -1.72. The van der Waals surface area contributed by atoms with Gasteiger partial charge in [-0.25, -0.2) is 4.79 Å². The topological polar surface area (TPSA) is 52.3 Å². The molecule has 0 bridgehead atoms. The van der Waals surface area contributed by atoms with Gasteiger partial charge in [-0.2, -0.15) is 13.2 Å². The smallest absolute Gasteiger partial charge is 0.392 e. The van der Waals surface area contributed by atoms with E-state index in [9.17, 15) is 18.0 Å². The molecule has 0 fully saturated rings. The van der Waals surface area contributed by atoms with Crippen LogP contribution < -0.4 is 5.73 Å². The van der Waals surface area contributed by atoms with Gasteiger partial charge in [0.05, 0.1) is 12.0 Å². The Labute approximate surface area is 96.4 Å². The van der Waals surface area contributed by atoms with Gasteiger partial charge < -0.3 is 10.5 Å². The van der Waals surface area contributed by atoms with Gasteiger partial charge in [0.1, 0.15) is 6.61 Å². The van der Waals surface area contributed by atoms with Crippen LogP contribution in [-0.2, 0) is 4.74 Å². The van der Waals surface area contributed by atoms with Crippen molar-refractivity contribution in [1.29, 1.82) is 0 Å². The van der Waals surface area contributed by atoms with Gasteiger partial charge in [-0.15, -0.1) is 0 Å². The number of halogens is 3. The monoisotopic (exact) mass is 247 g/mol. The van der Waals surface area contributed by atoms with Gasteiger partial charge in [0, 0.05) is 5.69 Å². The van der Waals surface area contributed by atoms with Crippen LogP contribution in [0, 0.1) is 6.92 Å². The van der Waals surface area contributed by atoms with E-state index in [0.29, 0.717) is 0 Å². The Balaban J connectivity index is 2.61. The summed E-state index contributed by atoms with van der Waals surface area (Å²) in [6.07, 6.45) is -5.50. The molecule has 0 atom stereocenters. The molecule has 0 saturated carbocycles. The van der Waals surface area contributed by atoms with Crippen molar-refractivity contribution in [1.82, 2.24) is 0 Å². The normalized spacial score (nSPS) is 11.3. The van der Waals surface area contributed by atoms with Gasteiger partial charge in [-0.05, 0) is 19.1 Å². The molecule has 0 unspecified atom stereocenters. The zero-order chi connectivity index (χ0) is 13.1. The van der Waals surface area contributed by atoms with Crippen LogP contribution in [0.15, 0.2) is 18.2 Å². The van der Waals surface area contributed by atoms with Crippen molar-refractivity contribution in [3.05, 3.63) is 29.3 Å². The average molecular weight is 247 g/mol. The first-order valence-corrected chi connectivity index (χ1v) is 4.89. The summed E-state index contributed by atoms with van der Waals surface area (Å²) >= 11 is 0. The molecule has 0 aliphatic rings. The minimum atomic E-state index is -4.33. The van der Waals surface area contributed by atoms with Gasteiger partial charge in [0.15, 0.2) is 0 Å². The predicted molar refractivity (Wildman–Crippen MR) is 56.5 cm³/mol. The Morgan fingerprint density at radius 1 is 1.41 bits per heavy atom. The van der Waals surface area contributed by atoms with Gasteiger partial charge in [0.2, 0.25) is 0 Å². The molecule has 0 saturated heterocycles. The van der Waals surface area contributed by atoms with Crippen molar-refractivity contribution in [2.45, 2.75) is 19.5 Å². The standard InChI is InChI=1S/C11H12F3NO2/c1-7-2-3-9(15)8(6-7)10(16)17-5-4-11(12,13)14/h2-3,6H,4-5,15H2,1H3. The molecule has 0 heterocycles. The Kier molecular flexibility index (Phi) is 3.98. The molecule has 0 aliphatic heterocycles. The zero-order valence-corrected chi connectivity index (χ0v) is 9.17. The van der Waals surface area contributed by atoms with E-state index in [1.807, 2.05) is 0 Å². The molecular weight excluding hydrogens is 235 g/mol. The number of benzene rings is 1. The lowest BCUT2D eigenvalue weighted by atomic mass is 10.1. The molecule has 1 aromatic carbocycles. The summed E-state index contributed by atoms with van der Waals surface area (Å²) in [6, 6.07) is 4.68. The lowest BCUT2D eigenvalue weighted by molar-refractivity contribution is -0.141. The maximum atomic E-state index is 11.8. The van der Waals surface area contributed by atoms with Crippen molar-refractivity contribution in [3.63, 3.8) is 0 Å². The average Bonchev–Trinajstić information content (AvgIpc) is 2.19. The quantitative estimate of drug-likeness (QED) is 0.660. The minimum absolute atomic E-state index is 0.0900. The van der Waals surface area contributed by atoms with E-state index in [1.165, 1.54) is 12.1 Å². The molecule has 3 nitrogen and oxygen atoms in total. The Morgan fingerprint density at radius 3 is 2.65 bits per heavy atom. The number of carbonyl (C=O) groups is 1. The summed E-state index contributed by atoms with van der Waals surface area (Å²) in [5.41, 5.74) is 6.58. The second kappa shape index (κ2) is 5.07. The fourth-order valence-electron chi connectivity index (χ4n) is 1.18. The fourth-order valence-corrected chi connectivity index (χ4v) is 1.18. The molecule has 0 radical (unpaired) electrons. The first kappa shape index (κ1) is 13.3. The summed E-state index contributed by atoms with van der Waals surface area (Å²) in [5.74, 6) is -0.838. The van der Waals surface area contributed by atoms with Crippen molar-refractivity contribution in [2.24, 2.45) is 0 Å². The second-order valence-corrected chi connectivity index (χ2v) is 3.59. The van der Waals surface area contributed by atoms with Gasteiger partial charge >= 0.3 is 12.1 Å². The highest BCUT2D eigenvalue weighted by Gasteiger charge is 2.27. The number of ether oxygens (including phenoxy) is 1. The molecule has 1 rings (SSSR count). The summed E-state index contributed by atoms with van der Waals surface area (Å²) in [7, 11) is 0. The van der Waals surface area contributed by atoms with Crippen LogP contribution in [0.1, 0.15) is 22.3 Å². The van der Waals surface area contributed by atoms with E-state index in [-0.39, 0.29) is 11.3 Å². The first-order valence-electron chi connectivity index (χ1n) is 4.89. The second-order valence-electron chi connectivity index (χ2n) is 3.59. The van der Waals surface area contributed by atoms with Crippen LogP contribution in [0.5, 0.6) is 0 Å². The molecule has 94 valence electrons. The number of alkyl halides is 3. The van der Waals surface area contributed by atoms with Crippen LogP contribution in [0.2, 0.25) is 0 Å². The third-order valence-corrected chi connectivity index (χ3v) is 2.05. The van der Waals surface area contributed by atoms with Crippen LogP contribution in [0.25, 0.3) is 0 Å². The lowest BCUT2D eigenvalue weighted by Crippen LogP contribution is -2.15. The summed E-state index contributed by atoms with van der Waals surface area (Å²) in [4.78, 5) is 11.4. The number of anilines is 1. The Morgan fingerprint density at radius 2 is 2.06 bits per heavy atom. The summed E-state index contributed by atoms with van der Waals surface area (Å²) in [6.45, 7) is 1.04. The van der Waals surface area contributed by atoms with Crippen LogP contribution in [0.4, 0.5) is 18.9 Å². The van der Waals surface area contributed by atoms with E-state index in [1.54, 1.807) is 13.0 Å². The Bertz CT molecular complexity index is 416. The highest BCUT2D eigenvalue weighted by molar-refractivity contribution is 5.95. The number of hydrogen-bond donors (Lipinski definition) is 1. The molecule has 0 aromatic heterocycles. The number of rotatable bonds is 3. The summed E-state index contributed by atoms with van der Waals surface area (Å²) < 4.78 is 40.0. The number of esters is 1. The molecule has 0 amide bonds. The third kappa shape index (κ3) is 4.34. The highest BCUT2D eigenvalue weighted by atomic mass is 19.4. The maximum absolute atomic E-state index is 11.8. The van der Waals surface area contributed by atoms with Crippen molar-refractivity contribution in [3.8, 4) is 0 Å². The minimum Gasteiger partial charge on any atom is -0.462 e. The molecular formula is C11H12F3NO2. The number of aryl methyl sites for hydroxylation is 1. The molecule has 17 heavy (non-hydrogen) atoms. The van der Waals surface area contributed by atoms with E-state index in [0.717, 1.165) is 5.56 Å². The molecule has 0 spiro atoms. The highest BCUT2D eigenvalue weighted by Crippen LogP contribution is 2.20. The number of carbonyl (C=O) groups excluding carboxylic acids is 1. The van der Waals surface area contributed by atoms with Crippen LogP contribution >= 0.6 is 0 Å². The SMILES string of the molecule is Cc1ccc(N)c(C(=O)OCCC(F)(F)F)c1. The van der Waals surface area contributed by atoms with Crippen molar-refractivity contribution >= 4 is 11.7 Å². The third-order valence-electron chi connectivity index (χ3n) is 2.05. The maximum Gasteiger partial charge on any atom is 0.392 e. The van der Waals surface area contributed by atoms with Crippen molar-refractivity contribution < 1.29 is 22.7 Å². The first-order chi connectivity index (χ1) is 7.79. The largest absolute Gasteiger partial charge is 0.462 e. The van der Waals surface area contributed by atoms with Gasteiger partial charge in [-0.3, -0.25) is 0 Å². The zero-order valence-electron chi connectivity index (χ0n) is 9.17. The van der Waals surface area contributed by atoms with Crippen LogP contribution in [-0.4, -0.2) is 18.8 Å². The number of nitrogen functional groups attached to an aromatic ring is 1. The molecule has 1 aromatic rings. The summed E-state index contributed by atoms with van der Waals surface area (Å²) in [5, 5.41) is 0. The van der Waals surface area contributed by atoms with Gasteiger partial charge in [-0.1, -0.05) is 11.6 Å². The fraction of sp³-hybridized carbons (Fsp3) is 0.364. The number of hydrogen-bond acceptors (Lipinski definition) is 3. The van der Waals surface area contributed by atoms with E-state index >= 15 is 0 Å².